The van der Waals surface area contributed by atoms with Crippen LogP contribution in [0.25, 0.3) is 0 Å². The molecule has 0 aliphatic carbocycles. The summed E-state index contributed by atoms with van der Waals surface area (Å²) in [6, 6.07) is 12.0. The van der Waals surface area contributed by atoms with E-state index in [0.717, 1.165) is 0 Å². The van der Waals surface area contributed by atoms with Gasteiger partial charge in [0.2, 0.25) is 0 Å². The summed E-state index contributed by atoms with van der Waals surface area (Å²) in [5.74, 6) is -0.309. The summed E-state index contributed by atoms with van der Waals surface area (Å²) in [5.41, 5.74) is 0.371. The molecule has 0 bridgehead atoms. The van der Waals surface area contributed by atoms with Gasteiger partial charge in [-0.1, -0.05) is 6.07 Å². The van der Waals surface area contributed by atoms with Crippen LogP contribution >= 0.6 is 0 Å². The zero-order valence-corrected chi connectivity index (χ0v) is 13.0. The third kappa shape index (κ3) is 4.62. The van der Waals surface area contributed by atoms with Crippen LogP contribution in [0, 0.1) is 0 Å². The van der Waals surface area contributed by atoms with E-state index in [1.54, 1.807) is 24.3 Å². The van der Waals surface area contributed by atoms with Gasteiger partial charge in [-0.15, -0.1) is 0 Å². The smallest absolute Gasteiger partial charge is 0.341 e. The fraction of sp³-hybridized carbons (Fsp3) is 0.133. The van der Waals surface area contributed by atoms with Crippen LogP contribution < -0.4 is 14.2 Å². The molecule has 0 aliphatic rings. The van der Waals surface area contributed by atoms with E-state index in [2.05, 4.69) is 4.72 Å². The summed E-state index contributed by atoms with van der Waals surface area (Å²) in [4.78, 5) is 10.4. The molecular formula is C15H15NO6S. The minimum Gasteiger partial charge on any atom is -0.497 e. The fourth-order valence-electron chi connectivity index (χ4n) is 1.76. The van der Waals surface area contributed by atoms with Gasteiger partial charge in [-0.3, -0.25) is 4.72 Å². The minimum absolute atomic E-state index is 0.0306. The van der Waals surface area contributed by atoms with Gasteiger partial charge in [-0.2, -0.15) is 0 Å². The van der Waals surface area contributed by atoms with Crippen molar-refractivity contribution >= 4 is 21.7 Å². The molecule has 0 aliphatic heterocycles. The van der Waals surface area contributed by atoms with Crippen LogP contribution in [0.3, 0.4) is 0 Å². The average Bonchev–Trinajstić information content (AvgIpc) is 2.53. The number of nitrogens with one attached hydrogen (secondary N) is 1. The van der Waals surface area contributed by atoms with Gasteiger partial charge >= 0.3 is 5.97 Å². The van der Waals surface area contributed by atoms with Gasteiger partial charge in [-0.05, 0) is 36.4 Å². The van der Waals surface area contributed by atoms with Crippen LogP contribution in [0.5, 0.6) is 11.5 Å². The molecule has 0 unspecified atom stereocenters. The summed E-state index contributed by atoms with van der Waals surface area (Å²) in [6.07, 6.45) is 0. The van der Waals surface area contributed by atoms with Gasteiger partial charge in [0.25, 0.3) is 10.0 Å². The standard InChI is InChI=1S/C15H15NO6S/c1-21-13-4-2-3-11(9-13)16-23(19,20)14-7-5-12(6-8-14)22-10-15(17)18/h2-9,16H,10H2,1H3,(H,17,18). The number of benzene rings is 2. The second-order valence-electron chi connectivity index (χ2n) is 4.49. The molecule has 0 saturated carbocycles. The van der Waals surface area contributed by atoms with Gasteiger partial charge in [0, 0.05) is 6.07 Å². The van der Waals surface area contributed by atoms with E-state index < -0.39 is 22.6 Å². The Bertz CT molecular complexity index is 786. The molecule has 8 heteroatoms. The summed E-state index contributed by atoms with van der Waals surface area (Å²) >= 11 is 0. The number of aliphatic carboxylic acids is 1. The Hall–Kier alpha value is -2.74. The Morgan fingerprint density at radius 2 is 1.83 bits per heavy atom. The lowest BCUT2D eigenvalue weighted by Crippen LogP contribution is -2.13. The van der Waals surface area contributed by atoms with Crippen LogP contribution in [0.15, 0.2) is 53.4 Å². The highest BCUT2D eigenvalue weighted by molar-refractivity contribution is 7.92. The minimum atomic E-state index is -3.76. The van der Waals surface area contributed by atoms with Crippen molar-refractivity contribution in [3.8, 4) is 11.5 Å². The van der Waals surface area contributed by atoms with Crippen LogP contribution in [0.4, 0.5) is 5.69 Å². The number of hydrogen-bond acceptors (Lipinski definition) is 5. The molecular weight excluding hydrogens is 322 g/mol. The molecule has 2 aromatic carbocycles. The van der Waals surface area contributed by atoms with Crippen molar-refractivity contribution < 1.29 is 27.8 Å². The lowest BCUT2D eigenvalue weighted by atomic mass is 10.3. The normalized spacial score (nSPS) is 10.8. The molecule has 7 nitrogen and oxygen atoms in total. The number of sulfonamides is 1. The zero-order chi connectivity index (χ0) is 16.9. The summed E-state index contributed by atoms with van der Waals surface area (Å²) in [6.45, 7) is -0.492. The largest absolute Gasteiger partial charge is 0.497 e. The first kappa shape index (κ1) is 16.6. The van der Waals surface area contributed by atoms with Crippen molar-refractivity contribution in [2.75, 3.05) is 18.4 Å². The van der Waals surface area contributed by atoms with Crippen molar-refractivity contribution in [3.05, 3.63) is 48.5 Å². The van der Waals surface area contributed by atoms with Gasteiger partial charge < -0.3 is 14.6 Å². The Kier molecular flexibility index (Phi) is 5.07. The molecule has 0 atom stereocenters. The van der Waals surface area contributed by atoms with E-state index in [0.29, 0.717) is 11.4 Å². The van der Waals surface area contributed by atoms with Crippen molar-refractivity contribution in [1.29, 1.82) is 0 Å². The maximum absolute atomic E-state index is 12.3. The molecule has 2 N–H and O–H groups in total. The average molecular weight is 337 g/mol. The number of rotatable bonds is 7. The molecule has 2 rings (SSSR count). The highest BCUT2D eigenvalue weighted by Gasteiger charge is 2.14. The first-order valence-electron chi connectivity index (χ1n) is 6.52. The van der Waals surface area contributed by atoms with Gasteiger partial charge in [-0.25, -0.2) is 13.2 Å². The van der Waals surface area contributed by atoms with Gasteiger partial charge in [0.15, 0.2) is 6.61 Å². The fourth-order valence-corrected chi connectivity index (χ4v) is 2.81. The summed E-state index contributed by atoms with van der Waals surface area (Å²) in [7, 11) is -2.27. The number of carbonyl (C=O) groups is 1. The third-order valence-corrected chi connectivity index (χ3v) is 4.22. The molecule has 122 valence electrons. The Labute approximate surface area is 133 Å². The predicted molar refractivity (Wildman–Crippen MR) is 83.4 cm³/mol. The number of ether oxygens (including phenoxy) is 2. The summed E-state index contributed by atoms with van der Waals surface area (Å²) in [5, 5.41) is 8.52. The SMILES string of the molecule is COc1cccc(NS(=O)(=O)c2ccc(OCC(=O)O)cc2)c1. The molecule has 0 saturated heterocycles. The predicted octanol–water partition coefficient (Wildman–Crippen LogP) is 1.96. The molecule has 0 amide bonds. The second kappa shape index (κ2) is 7.01. The zero-order valence-electron chi connectivity index (χ0n) is 12.2. The lowest BCUT2D eigenvalue weighted by Gasteiger charge is -2.10. The first-order valence-corrected chi connectivity index (χ1v) is 8.00. The second-order valence-corrected chi connectivity index (χ2v) is 6.17. The monoisotopic (exact) mass is 337 g/mol. The van der Waals surface area contributed by atoms with Crippen LogP contribution in [-0.2, 0) is 14.8 Å². The lowest BCUT2D eigenvalue weighted by molar-refractivity contribution is -0.139. The number of anilines is 1. The van der Waals surface area contributed by atoms with Crippen LogP contribution in [0.1, 0.15) is 0 Å². The third-order valence-electron chi connectivity index (χ3n) is 2.82. The maximum Gasteiger partial charge on any atom is 0.341 e. The van der Waals surface area contributed by atoms with E-state index >= 15 is 0 Å². The van der Waals surface area contributed by atoms with Crippen LogP contribution in [-0.4, -0.2) is 33.2 Å². The van der Waals surface area contributed by atoms with Crippen molar-refractivity contribution in [1.82, 2.24) is 0 Å². The van der Waals surface area contributed by atoms with Crippen molar-refractivity contribution in [2.45, 2.75) is 4.90 Å². The molecule has 23 heavy (non-hydrogen) atoms. The number of carboxylic acids is 1. The molecule has 0 radical (unpaired) electrons. The topological polar surface area (TPSA) is 102 Å². The highest BCUT2D eigenvalue weighted by Crippen LogP contribution is 2.22. The molecule has 0 heterocycles. The highest BCUT2D eigenvalue weighted by atomic mass is 32.2. The number of hydrogen-bond donors (Lipinski definition) is 2. The maximum atomic E-state index is 12.3. The van der Waals surface area contributed by atoms with E-state index in [1.165, 1.54) is 31.4 Å². The summed E-state index contributed by atoms with van der Waals surface area (Å²) < 4.78 is 37.0. The molecule has 0 spiro atoms. The van der Waals surface area contributed by atoms with Crippen LogP contribution in [0.2, 0.25) is 0 Å². The quantitative estimate of drug-likeness (QED) is 0.801. The van der Waals surface area contributed by atoms with E-state index in [-0.39, 0.29) is 10.6 Å². The van der Waals surface area contributed by atoms with Crippen molar-refractivity contribution in [2.24, 2.45) is 0 Å². The Morgan fingerprint density at radius 3 is 2.43 bits per heavy atom. The molecule has 2 aromatic rings. The van der Waals surface area contributed by atoms with E-state index in [1.807, 2.05) is 0 Å². The van der Waals surface area contributed by atoms with Gasteiger partial charge in [0.1, 0.15) is 11.5 Å². The number of carboxylic acid groups (broad SMARTS) is 1. The molecule has 0 aromatic heterocycles. The van der Waals surface area contributed by atoms with Gasteiger partial charge in [0.05, 0.1) is 17.7 Å². The van der Waals surface area contributed by atoms with E-state index in [4.69, 9.17) is 14.6 Å². The Balaban J connectivity index is 2.14. The molecule has 0 fully saturated rings. The number of methoxy groups -OCH3 is 1. The first-order chi connectivity index (χ1) is 10.9. The van der Waals surface area contributed by atoms with E-state index in [9.17, 15) is 13.2 Å². The van der Waals surface area contributed by atoms with Crippen molar-refractivity contribution in [3.63, 3.8) is 0 Å². The Morgan fingerprint density at radius 1 is 1.13 bits per heavy atom.